The smallest absolute Gasteiger partial charge is 0.329 e. The minimum absolute atomic E-state index is 0.285. The number of rotatable bonds is 8. The second kappa shape index (κ2) is 10.4. The van der Waals surface area contributed by atoms with E-state index >= 15 is 0 Å². The SMILES string of the molecule is CCCCOc1ccc(/C=N\NC(=O)C(=O)NCC(C)C)cc1. The van der Waals surface area contributed by atoms with Crippen molar-refractivity contribution in [3.05, 3.63) is 29.8 Å². The van der Waals surface area contributed by atoms with E-state index in [2.05, 4.69) is 22.8 Å². The van der Waals surface area contributed by atoms with Gasteiger partial charge in [-0.25, -0.2) is 5.43 Å². The minimum atomic E-state index is -0.776. The Balaban J connectivity index is 2.39. The van der Waals surface area contributed by atoms with Crippen molar-refractivity contribution in [3.8, 4) is 5.75 Å². The second-order valence-electron chi connectivity index (χ2n) is 5.57. The van der Waals surface area contributed by atoms with E-state index in [0.29, 0.717) is 13.2 Å². The average Bonchev–Trinajstić information content (AvgIpc) is 2.54. The molecule has 0 saturated carbocycles. The van der Waals surface area contributed by atoms with Crippen LogP contribution in [0.15, 0.2) is 29.4 Å². The first-order chi connectivity index (χ1) is 11.0. The highest BCUT2D eigenvalue weighted by molar-refractivity contribution is 6.35. The third-order valence-corrected chi connectivity index (χ3v) is 2.90. The van der Waals surface area contributed by atoms with Crippen LogP contribution >= 0.6 is 0 Å². The van der Waals surface area contributed by atoms with E-state index in [1.54, 1.807) is 0 Å². The predicted octanol–water partition coefficient (Wildman–Crippen LogP) is 2.09. The highest BCUT2D eigenvalue weighted by Gasteiger charge is 2.11. The van der Waals surface area contributed by atoms with Crippen molar-refractivity contribution in [2.45, 2.75) is 33.6 Å². The summed E-state index contributed by atoms with van der Waals surface area (Å²) in [5.41, 5.74) is 3.00. The Hall–Kier alpha value is -2.37. The predicted molar refractivity (Wildman–Crippen MR) is 90.4 cm³/mol. The van der Waals surface area contributed by atoms with Gasteiger partial charge in [0, 0.05) is 6.54 Å². The summed E-state index contributed by atoms with van der Waals surface area (Å²) in [6, 6.07) is 7.34. The van der Waals surface area contributed by atoms with Crippen LogP contribution in [-0.2, 0) is 9.59 Å². The first-order valence-electron chi connectivity index (χ1n) is 7.87. The molecule has 0 atom stereocenters. The quantitative estimate of drug-likeness (QED) is 0.333. The third-order valence-electron chi connectivity index (χ3n) is 2.90. The number of ether oxygens (including phenoxy) is 1. The lowest BCUT2D eigenvalue weighted by atomic mass is 10.2. The molecule has 1 rings (SSSR count). The Morgan fingerprint density at radius 1 is 1.22 bits per heavy atom. The molecule has 0 unspecified atom stereocenters. The van der Waals surface area contributed by atoms with E-state index in [9.17, 15) is 9.59 Å². The molecule has 0 bridgehead atoms. The van der Waals surface area contributed by atoms with Crippen LogP contribution in [-0.4, -0.2) is 31.2 Å². The number of benzene rings is 1. The van der Waals surface area contributed by atoms with Crippen LogP contribution in [0.2, 0.25) is 0 Å². The van der Waals surface area contributed by atoms with E-state index < -0.39 is 11.8 Å². The summed E-state index contributed by atoms with van der Waals surface area (Å²) in [5.74, 6) is -0.377. The highest BCUT2D eigenvalue weighted by atomic mass is 16.5. The van der Waals surface area contributed by atoms with E-state index in [0.717, 1.165) is 24.2 Å². The molecule has 0 aliphatic carbocycles. The summed E-state index contributed by atoms with van der Waals surface area (Å²) >= 11 is 0. The van der Waals surface area contributed by atoms with Gasteiger partial charge < -0.3 is 10.1 Å². The van der Waals surface area contributed by atoms with Gasteiger partial charge in [-0.2, -0.15) is 5.10 Å². The largest absolute Gasteiger partial charge is 0.494 e. The number of carbonyl (C=O) groups is 2. The zero-order valence-corrected chi connectivity index (χ0v) is 14.0. The fourth-order valence-electron chi connectivity index (χ4n) is 1.58. The number of unbranched alkanes of at least 4 members (excludes halogenated alkanes) is 1. The molecule has 0 spiro atoms. The van der Waals surface area contributed by atoms with Gasteiger partial charge in [0.25, 0.3) is 0 Å². The van der Waals surface area contributed by atoms with E-state index in [-0.39, 0.29) is 5.92 Å². The van der Waals surface area contributed by atoms with Crippen molar-refractivity contribution in [3.63, 3.8) is 0 Å². The maximum atomic E-state index is 11.5. The first kappa shape index (κ1) is 18.7. The lowest BCUT2D eigenvalue weighted by Gasteiger charge is -2.06. The molecule has 0 aromatic heterocycles. The van der Waals surface area contributed by atoms with Crippen LogP contribution in [0.5, 0.6) is 5.75 Å². The van der Waals surface area contributed by atoms with Gasteiger partial charge >= 0.3 is 11.8 Å². The Kier molecular flexibility index (Phi) is 8.42. The number of hydrogen-bond donors (Lipinski definition) is 2. The normalized spacial score (nSPS) is 10.8. The van der Waals surface area contributed by atoms with Gasteiger partial charge in [0.15, 0.2) is 0 Å². The van der Waals surface area contributed by atoms with Gasteiger partial charge in [-0.3, -0.25) is 9.59 Å². The van der Waals surface area contributed by atoms with Gasteiger partial charge in [0.05, 0.1) is 12.8 Å². The van der Waals surface area contributed by atoms with Crippen LogP contribution in [0, 0.1) is 5.92 Å². The molecule has 126 valence electrons. The highest BCUT2D eigenvalue weighted by Crippen LogP contribution is 2.11. The Labute approximate surface area is 137 Å². The number of carbonyl (C=O) groups excluding carboxylic acids is 2. The van der Waals surface area contributed by atoms with Gasteiger partial charge in [-0.15, -0.1) is 0 Å². The van der Waals surface area contributed by atoms with Crippen LogP contribution in [0.25, 0.3) is 0 Å². The van der Waals surface area contributed by atoms with Gasteiger partial charge in [0.2, 0.25) is 0 Å². The van der Waals surface area contributed by atoms with E-state index in [1.807, 2.05) is 38.1 Å². The topological polar surface area (TPSA) is 79.8 Å². The molecule has 6 heteroatoms. The number of hydrogen-bond acceptors (Lipinski definition) is 4. The van der Waals surface area contributed by atoms with Crippen molar-refractivity contribution in [1.82, 2.24) is 10.7 Å². The van der Waals surface area contributed by atoms with Crippen LogP contribution in [0.3, 0.4) is 0 Å². The van der Waals surface area contributed by atoms with Crippen LogP contribution in [0.1, 0.15) is 39.2 Å². The average molecular weight is 319 g/mol. The van der Waals surface area contributed by atoms with Crippen molar-refractivity contribution in [2.24, 2.45) is 11.0 Å². The van der Waals surface area contributed by atoms with Crippen LogP contribution < -0.4 is 15.5 Å². The summed E-state index contributed by atoms with van der Waals surface area (Å²) in [5, 5.41) is 6.29. The minimum Gasteiger partial charge on any atom is -0.494 e. The summed E-state index contributed by atoms with van der Waals surface area (Å²) < 4.78 is 5.55. The molecular weight excluding hydrogens is 294 g/mol. The molecule has 1 aromatic carbocycles. The van der Waals surface area contributed by atoms with Gasteiger partial charge in [-0.1, -0.05) is 27.2 Å². The lowest BCUT2D eigenvalue weighted by molar-refractivity contribution is -0.139. The molecule has 2 N–H and O–H groups in total. The Morgan fingerprint density at radius 3 is 2.52 bits per heavy atom. The summed E-state index contributed by atoms with van der Waals surface area (Å²) in [4.78, 5) is 22.9. The zero-order valence-electron chi connectivity index (χ0n) is 14.0. The monoisotopic (exact) mass is 319 g/mol. The second-order valence-corrected chi connectivity index (χ2v) is 5.57. The van der Waals surface area contributed by atoms with Crippen molar-refractivity contribution in [2.75, 3.05) is 13.2 Å². The fourth-order valence-corrected chi connectivity index (χ4v) is 1.58. The number of nitrogens with zero attached hydrogens (tertiary/aromatic N) is 1. The first-order valence-corrected chi connectivity index (χ1v) is 7.87. The number of amides is 2. The molecular formula is C17H25N3O3. The lowest BCUT2D eigenvalue weighted by Crippen LogP contribution is -2.39. The summed E-state index contributed by atoms with van der Waals surface area (Å²) in [6.07, 6.45) is 3.59. The molecule has 0 aliphatic heterocycles. The van der Waals surface area contributed by atoms with E-state index in [1.165, 1.54) is 6.21 Å². The third kappa shape index (κ3) is 7.99. The molecule has 6 nitrogen and oxygen atoms in total. The van der Waals surface area contributed by atoms with Crippen molar-refractivity contribution in [1.29, 1.82) is 0 Å². The summed E-state index contributed by atoms with van der Waals surface area (Å²) in [7, 11) is 0. The standard InChI is InChI=1S/C17H25N3O3/c1-4-5-10-23-15-8-6-14(7-9-15)12-19-20-17(22)16(21)18-11-13(2)3/h6-9,12-13H,4-5,10-11H2,1-3H3,(H,18,21)(H,20,22)/b19-12-. The molecule has 0 radical (unpaired) electrons. The maximum absolute atomic E-state index is 11.5. The zero-order chi connectivity index (χ0) is 17.1. The molecule has 1 aromatic rings. The fraction of sp³-hybridized carbons (Fsp3) is 0.471. The molecule has 23 heavy (non-hydrogen) atoms. The maximum Gasteiger partial charge on any atom is 0.329 e. The van der Waals surface area contributed by atoms with Crippen LogP contribution in [0.4, 0.5) is 0 Å². The van der Waals surface area contributed by atoms with E-state index in [4.69, 9.17) is 4.74 Å². The molecule has 0 fully saturated rings. The van der Waals surface area contributed by atoms with Crippen molar-refractivity contribution >= 4 is 18.0 Å². The Morgan fingerprint density at radius 2 is 1.91 bits per heavy atom. The number of hydrazone groups is 1. The van der Waals surface area contributed by atoms with Gasteiger partial charge in [-0.05, 0) is 42.2 Å². The molecule has 2 amide bonds. The molecule has 0 saturated heterocycles. The van der Waals surface area contributed by atoms with Gasteiger partial charge in [0.1, 0.15) is 5.75 Å². The molecule has 0 heterocycles. The summed E-state index contributed by atoms with van der Waals surface area (Å²) in [6.45, 7) is 7.17. The van der Waals surface area contributed by atoms with Crippen molar-refractivity contribution < 1.29 is 14.3 Å². The molecule has 0 aliphatic rings. The number of nitrogens with one attached hydrogen (secondary N) is 2. The Bertz CT molecular complexity index is 524.